The Hall–Kier alpha value is -1.02. The van der Waals surface area contributed by atoms with Crippen LogP contribution in [0.2, 0.25) is 5.02 Å². The van der Waals surface area contributed by atoms with Crippen LogP contribution in [-0.2, 0) is 4.79 Å². The zero-order valence-electron chi connectivity index (χ0n) is 9.74. The molecule has 5 nitrogen and oxygen atoms in total. The topological polar surface area (TPSA) is 81.9 Å². The first-order chi connectivity index (χ1) is 8.38. The number of amides is 1. The van der Waals surface area contributed by atoms with Gasteiger partial charge in [-0.1, -0.05) is 11.6 Å². The maximum atomic E-state index is 11.9. The van der Waals surface area contributed by atoms with Gasteiger partial charge in [0.25, 0.3) is 5.91 Å². The molecule has 0 aromatic heterocycles. The van der Waals surface area contributed by atoms with Gasteiger partial charge in [0.05, 0.1) is 27.9 Å². The number of aromatic hydroxyl groups is 2. The van der Waals surface area contributed by atoms with Gasteiger partial charge >= 0.3 is 0 Å². The van der Waals surface area contributed by atoms with E-state index in [2.05, 4.69) is 8.52 Å². The van der Waals surface area contributed by atoms with Crippen LogP contribution < -0.4 is 5.32 Å². The van der Waals surface area contributed by atoms with Crippen molar-refractivity contribution in [3.8, 4) is 11.5 Å². The number of phenols is 2. The molecular weight excluding hydrogens is 370 g/mol. The average molecular weight is 383 g/mol. The summed E-state index contributed by atoms with van der Waals surface area (Å²) in [5, 5.41) is 21.4. The summed E-state index contributed by atoms with van der Waals surface area (Å²) in [6.07, 6.45) is 0. The Kier molecular flexibility index (Phi) is 5.21. The molecule has 0 unspecified atom stereocenters. The van der Waals surface area contributed by atoms with Gasteiger partial charge in [0.2, 0.25) is 0 Å². The highest BCUT2D eigenvalue weighted by molar-refractivity contribution is 14.1. The Morgan fingerprint density at radius 2 is 2.06 bits per heavy atom. The number of carbonyl (C=O) groups excluding carboxylic acids is 1. The van der Waals surface area contributed by atoms with Gasteiger partial charge in [-0.05, 0) is 26.0 Å². The molecule has 0 aliphatic carbocycles. The molecule has 0 spiro atoms. The third-order valence-corrected chi connectivity index (χ3v) is 2.93. The van der Waals surface area contributed by atoms with Gasteiger partial charge in [-0.15, -0.1) is 0 Å². The molecule has 0 aliphatic rings. The maximum Gasteiger partial charge on any atom is 0.271 e. The molecule has 1 aromatic carbocycles. The number of phenolic OH excluding ortho intramolecular Hbond substituents is 2. The van der Waals surface area contributed by atoms with Gasteiger partial charge < -0.3 is 15.5 Å². The van der Waals surface area contributed by atoms with E-state index >= 15 is 0 Å². The summed E-state index contributed by atoms with van der Waals surface area (Å²) >= 11 is 7.55. The molecular formula is C11H12ClIN2O3. The molecule has 0 radical (unpaired) electrons. The Labute approximate surface area is 123 Å². The van der Waals surface area contributed by atoms with Crippen molar-refractivity contribution in [3.63, 3.8) is 0 Å². The van der Waals surface area contributed by atoms with Crippen LogP contribution in [0.5, 0.6) is 11.5 Å². The largest absolute Gasteiger partial charge is 0.504 e. The molecule has 0 heterocycles. The van der Waals surface area contributed by atoms with E-state index in [1.54, 1.807) is 22.9 Å². The number of carbonyl (C=O) groups is 1. The summed E-state index contributed by atoms with van der Waals surface area (Å²) in [5.41, 5.74) is 0.351. The summed E-state index contributed by atoms with van der Waals surface area (Å²) < 4.78 is 3.84. The minimum Gasteiger partial charge on any atom is -0.504 e. The molecule has 18 heavy (non-hydrogen) atoms. The van der Waals surface area contributed by atoms with Gasteiger partial charge in [-0.25, -0.2) is 3.21 Å². The van der Waals surface area contributed by atoms with E-state index in [1.807, 2.05) is 13.8 Å². The SMILES string of the molecule is CC(C)NC(=O)/C(=N\I)c1ccc(O)c(O)c1Cl. The molecule has 0 saturated carbocycles. The molecule has 0 bridgehead atoms. The number of hydrogen-bond acceptors (Lipinski definition) is 4. The standard InChI is InChI=1S/C11H12ClIN2O3/c1-5(2)14-11(18)9(15-13)6-3-4-7(16)10(17)8(6)12/h3-5,16-17H,1-2H3,(H,14,18)/b15-9-. The van der Waals surface area contributed by atoms with Crippen molar-refractivity contribution < 1.29 is 15.0 Å². The third kappa shape index (κ3) is 3.26. The lowest BCUT2D eigenvalue weighted by atomic mass is 10.1. The zero-order chi connectivity index (χ0) is 13.9. The van der Waals surface area contributed by atoms with Crippen LogP contribution in [0.25, 0.3) is 0 Å². The number of hydrogen-bond donors (Lipinski definition) is 3. The first kappa shape index (κ1) is 15.0. The minimum absolute atomic E-state index is 0.0462. The molecule has 98 valence electrons. The van der Waals surface area contributed by atoms with E-state index in [1.165, 1.54) is 12.1 Å². The lowest BCUT2D eigenvalue weighted by Crippen LogP contribution is -2.36. The van der Waals surface area contributed by atoms with Crippen LogP contribution in [0, 0.1) is 0 Å². The normalized spacial score (nSPS) is 11.7. The Morgan fingerprint density at radius 3 is 2.56 bits per heavy atom. The molecule has 1 rings (SSSR count). The van der Waals surface area contributed by atoms with Crippen molar-refractivity contribution in [3.05, 3.63) is 22.7 Å². The van der Waals surface area contributed by atoms with E-state index in [4.69, 9.17) is 11.6 Å². The highest BCUT2D eigenvalue weighted by Crippen LogP contribution is 2.35. The van der Waals surface area contributed by atoms with Crippen LogP contribution in [0.3, 0.4) is 0 Å². The predicted molar refractivity (Wildman–Crippen MR) is 78.6 cm³/mol. The smallest absolute Gasteiger partial charge is 0.271 e. The second-order valence-electron chi connectivity index (χ2n) is 3.86. The molecule has 0 fully saturated rings. The zero-order valence-corrected chi connectivity index (χ0v) is 12.7. The first-order valence-corrected chi connectivity index (χ1v) is 6.43. The number of nitrogens with one attached hydrogen (secondary N) is 1. The van der Waals surface area contributed by atoms with Crippen molar-refractivity contribution in [2.24, 2.45) is 3.21 Å². The summed E-state index contributed by atoms with van der Waals surface area (Å²) in [6, 6.07) is 2.63. The van der Waals surface area contributed by atoms with Crippen molar-refractivity contribution in [2.75, 3.05) is 0 Å². The van der Waals surface area contributed by atoms with Gasteiger partial charge in [-0.2, -0.15) is 0 Å². The van der Waals surface area contributed by atoms with E-state index < -0.39 is 11.7 Å². The molecule has 0 atom stereocenters. The van der Waals surface area contributed by atoms with Crippen LogP contribution in [0.1, 0.15) is 19.4 Å². The molecule has 0 saturated heterocycles. The van der Waals surface area contributed by atoms with E-state index in [-0.39, 0.29) is 28.1 Å². The quantitative estimate of drug-likeness (QED) is 0.426. The molecule has 3 N–H and O–H groups in total. The fourth-order valence-corrected chi connectivity index (χ4v) is 2.00. The summed E-state index contributed by atoms with van der Waals surface area (Å²) in [4.78, 5) is 11.9. The van der Waals surface area contributed by atoms with E-state index in [0.29, 0.717) is 0 Å². The average Bonchev–Trinajstić information content (AvgIpc) is 2.29. The highest BCUT2D eigenvalue weighted by Gasteiger charge is 2.20. The Bertz CT molecular complexity index is 503. The van der Waals surface area contributed by atoms with Crippen molar-refractivity contribution in [1.29, 1.82) is 0 Å². The van der Waals surface area contributed by atoms with Crippen LogP contribution in [0.15, 0.2) is 15.3 Å². The second-order valence-corrected chi connectivity index (χ2v) is 4.72. The summed E-state index contributed by atoms with van der Waals surface area (Å²) in [7, 11) is 0. The Morgan fingerprint density at radius 1 is 1.44 bits per heavy atom. The second kappa shape index (κ2) is 6.24. The predicted octanol–water partition coefficient (Wildman–Crippen LogP) is 2.41. The van der Waals surface area contributed by atoms with Crippen LogP contribution in [-0.4, -0.2) is 27.9 Å². The molecule has 0 aliphatic heterocycles. The van der Waals surface area contributed by atoms with Crippen LogP contribution >= 0.6 is 34.5 Å². The lowest BCUT2D eigenvalue weighted by Gasteiger charge is -2.12. The lowest BCUT2D eigenvalue weighted by molar-refractivity contribution is -0.115. The molecule has 7 heteroatoms. The number of halogens is 2. The fourth-order valence-electron chi connectivity index (χ4n) is 1.27. The first-order valence-electron chi connectivity index (χ1n) is 5.09. The summed E-state index contributed by atoms with van der Waals surface area (Å²) in [5.74, 6) is -1.21. The molecule has 1 aromatic rings. The van der Waals surface area contributed by atoms with Gasteiger partial charge in [0.15, 0.2) is 11.5 Å². The third-order valence-electron chi connectivity index (χ3n) is 2.07. The number of benzene rings is 1. The van der Waals surface area contributed by atoms with E-state index in [0.717, 1.165) is 0 Å². The maximum absolute atomic E-state index is 11.9. The fraction of sp³-hybridized carbons (Fsp3) is 0.273. The number of nitrogens with zero attached hydrogens (tertiary/aromatic N) is 1. The van der Waals surface area contributed by atoms with Gasteiger partial charge in [-0.3, -0.25) is 4.79 Å². The minimum atomic E-state index is -0.468. The Balaban J connectivity index is 3.19. The van der Waals surface area contributed by atoms with Crippen molar-refractivity contribution in [2.45, 2.75) is 19.9 Å². The van der Waals surface area contributed by atoms with Gasteiger partial charge in [0, 0.05) is 11.6 Å². The van der Waals surface area contributed by atoms with Crippen molar-refractivity contribution >= 4 is 46.1 Å². The molecule has 1 amide bonds. The van der Waals surface area contributed by atoms with Gasteiger partial charge in [0.1, 0.15) is 5.71 Å². The monoisotopic (exact) mass is 382 g/mol. The van der Waals surface area contributed by atoms with Crippen molar-refractivity contribution in [1.82, 2.24) is 5.32 Å². The number of rotatable bonds is 3. The van der Waals surface area contributed by atoms with E-state index in [9.17, 15) is 15.0 Å². The van der Waals surface area contributed by atoms with Crippen LogP contribution in [0.4, 0.5) is 0 Å². The highest BCUT2D eigenvalue weighted by atomic mass is 127. The summed E-state index contributed by atoms with van der Waals surface area (Å²) in [6.45, 7) is 3.64.